The Morgan fingerprint density at radius 3 is 2.95 bits per heavy atom. The van der Waals surface area contributed by atoms with Crippen LogP contribution in [0, 0.1) is 0 Å². The molecule has 1 N–H and O–H groups in total. The number of furan rings is 1. The van der Waals surface area contributed by atoms with Crippen LogP contribution in [-0.2, 0) is 6.54 Å². The van der Waals surface area contributed by atoms with Gasteiger partial charge in [-0.2, -0.15) is 0 Å². The normalized spacial score (nSPS) is 16.8. The van der Waals surface area contributed by atoms with Crippen LogP contribution in [0.1, 0.15) is 30.7 Å². The number of hydrogen-bond acceptors (Lipinski definition) is 3. The molecule has 0 aliphatic carbocycles. The molecule has 0 saturated heterocycles. The van der Waals surface area contributed by atoms with E-state index in [0.717, 1.165) is 31.8 Å². The largest absolute Gasteiger partial charge is 0.467 e. The molecule has 0 amide bonds. The monoisotopic (exact) mass is 256 g/mol. The highest BCUT2D eigenvalue weighted by Gasteiger charge is 2.24. The van der Waals surface area contributed by atoms with E-state index in [4.69, 9.17) is 4.42 Å². The van der Waals surface area contributed by atoms with Crippen molar-refractivity contribution < 1.29 is 4.42 Å². The quantitative estimate of drug-likeness (QED) is 0.913. The number of nitrogens with one attached hydrogen (secondary N) is 1. The maximum absolute atomic E-state index is 5.63. The van der Waals surface area contributed by atoms with Gasteiger partial charge in [-0.05, 0) is 30.2 Å². The van der Waals surface area contributed by atoms with Crippen molar-refractivity contribution in [2.75, 3.05) is 18.0 Å². The van der Waals surface area contributed by atoms with E-state index in [1.54, 1.807) is 6.26 Å². The zero-order valence-corrected chi connectivity index (χ0v) is 11.3. The molecular formula is C16H20N2O. The van der Waals surface area contributed by atoms with Crippen molar-refractivity contribution in [1.29, 1.82) is 0 Å². The van der Waals surface area contributed by atoms with E-state index in [0.29, 0.717) is 6.04 Å². The number of hydrogen-bond donors (Lipinski definition) is 1. The smallest absolute Gasteiger partial charge is 0.126 e. The fraction of sp³-hybridized carbons (Fsp3) is 0.375. The van der Waals surface area contributed by atoms with Gasteiger partial charge < -0.3 is 14.6 Å². The summed E-state index contributed by atoms with van der Waals surface area (Å²) in [6.07, 6.45) is 2.81. The molecule has 100 valence electrons. The van der Waals surface area contributed by atoms with E-state index in [-0.39, 0.29) is 0 Å². The average molecular weight is 256 g/mol. The van der Waals surface area contributed by atoms with Gasteiger partial charge in [0.25, 0.3) is 0 Å². The Morgan fingerprint density at radius 2 is 2.16 bits per heavy atom. The molecule has 3 heteroatoms. The van der Waals surface area contributed by atoms with Gasteiger partial charge in [-0.15, -0.1) is 0 Å². The van der Waals surface area contributed by atoms with Crippen molar-refractivity contribution in [3.63, 3.8) is 0 Å². The molecule has 1 unspecified atom stereocenters. The SMILES string of the molecule is CCC(c1ccco1)N1CCNCc2ccccc21. The molecule has 1 atom stereocenters. The molecule has 0 spiro atoms. The summed E-state index contributed by atoms with van der Waals surface area (Å²) in [7, 11) is 0. The molecule has 2 heterocycles. The van der Waals surface area contributed by atoms with Crippen molar-refractivity contribution in [1.82, 2.24) is 5.32 Å². The molecule has 0 fully saturated rings. The van der Waals surface area contributed by atoms with Crippen LogP contribution in [0.5, 0.6) is 0 Å². The van der Waals surface area contributed by atoms with Gasteiger partial charge in [0.1, 0.15) is 5.76 Å². The first-order chi connectivity index (χ1) is 9.40. The number of benzene rings is 1. The minimum Gasteiger partial charge on any atom is -0.467 e. The fourth-order valence-corrected chi connectivity index (χ4v) is 2.86. The van der Waals surface area contributed by atoms with Crippen LogP contribution in [-0.4, -0.2) is 13.1 Å². The van der Waals surface area contributed by atoms with Gasteiger partial charge in [-0.3, -0.25) is 0 Å². The fourth-order valence-electron chi connectivity index (χ4n) is 2.86. The zero-order chi connectivity index (χ0) is 13.1. The summed E-state index contributed by atoms with van der Waals surface area (Å²) in [6, 6.07) is 13.0. The summed E-state index contributed by atoms with van der Waals surface area (Å²) in [5, 5.41) is 3.49. The minimum absolute atomic E-state index is 0.316. The summed E-state index contributed by atoms with van der Waals surface area (Å²) in [5.74, 6) is 1.05. The Kier molecular flexibility index (Phi) is 3.56. The van der Waals surface area contributed by atoms with Crippen LogP contribution in [0.15, 0.2) is 47.1 Å². The molecule has 2 aromatic rings. The summed E-state index contributed by atoms with van der Waals surface area (Å²) in [6.45, 7) is 5.18. The van der Waals surface area contributed by atoms with Crippen molar-refractivity contribution in [3.8, 4) is 0 Å². The second-order valence-electron chi connectivity index (χ2n) is 4.94. The molecule has 0 bridgehead atoms. The minimum atomic E-state index is 0.316. The van der Waals surface area contributed by atoms with E-state index in [9.17, 15) is 0 Å². The molecule has 0 saturated carbocycles. The van der Waals surface area contributed by atoms with Crippen LogP contribution >= 0.6 is 0 Å². The van der Waals surface area contributed by atoms with E-state index in [1.165, 1.54) is 11.3 Å². The van der Waals surface area contributed by atoms with E-state index in [2.05, 4.69) is 47.5 Å². The van der Waals surface area contributed by atoms with Gasteiger partial charge in [-0.25, -0.2) is 0 Å². The van der Waals surface area contributed by atoms with Gasteiger partial charge in [-0.1, -0.05) is 25.1 Å². The third-order valence-electron chi connectivity index (χ3n) is 3.78. The highest BCUT2D eigenvalue weighted by molar-refractivity contribution is 5.55. The number of fused-ring (bicyclic) bond motifs is 1. The number of nitrogens with zero attached hydrogens (tertiary/aromatic N) is 1. The first-order valence-electron chi connectivity index (χ1n) is 6.99. The maximum atomic E-state index is 5.63. The van der Waals surface area contributed by atoms with Gasteiger partial charge >= 0.3 is 0 Å². The number of anilines is 1. The van der Waals surface area contributed by atoms with Crippen LogP contribution in [0.3, 0.4) is 0 Å². The second kappa shape index (κ2) is 5.49. The first-order valence-corrected chi connectivity index (χ1v) is 6.99. The lowest BCUT2D eigenvalue weighted by atomic mass is 10.1. The molecule has 3 rings (SSSR count). The van der Waals surface area contributed by atoms with E-state index in [1.807, 2.05) is 6.07 Å². The van der Waals surface area contributed by atoms with Crippen molar-refractivity contribution in [2.45, 2.75) is 25.9 Å². The molecule has 1 aliphatic heterocycles. The predicted octanol–water partition coefficient (Wildman–Crippen LogP) is 3.34. The summed E-state index contributed by atoms with van der Waals surface area (Å²) >= 11 is 0. The lowest BCUT2D eigenvalue weighted by molar-refractivity contribution is 0.440. The van der Waals surface area contributed by atoms with Gasteiger partial charge in [0.2, 0.25) is 0 Å². The van der Waals surface area contributed by atoms with Crippen molar-refractivity contribution >= 4 is 5.69 Å². The van der Waals surface area contributed by atoms with Crippen LogP contribution < -0.4 is 10.2 Å². The van der Waals surface area contributed by atoms with Gasteiger partial charge in [0.05, 0.1) is 12.3 Å². The first kappa shape index (κ1) is 12.3. The molecule has 0 radical (unpaired) electrons. The molecular weight excluding hydrogens is 236 g/mol. The highest BCUT2D eigenvalue weighted by atomic mass is 16.3. The maximum Gasteiger partial charge on any atom is 0.126 e. The Balaban J connectivity index is 1.99. The average Bonchev–Trinajstić information content (AvgIpc) is 2.88. The van der Waals surface area contributed by atoms with Gasteiger partial charge in [0, 0.05) is 25.3 Å². The van der Waals surface area contributed by atoms with Crippen LogP contribution in [0.25, 0.3) is 0 Å². The summed E-state index contributed by atoms with van der Waals surface area (Å²) in [5.41, 5.74) is 2.70. The summed E-state index contributed by atoms with van der Waals surface area (Å²) in [4.78, 5) is 2.47. The molecule has 3 nitrogen and oxygen atoms in total. The zero-order valence-electron chi connectivity index (χ0n) is 11.3. The lowest BCUT2D eigenvalue weighted by Crippen LogP contribution is -2.32. The number of para-hydroxylation sites is 1. The lowest BCUT2D eigenvalue weighted by Gasteiger charge is -2.31. The van der Waals surface area contributed by atoms with Crippen LogP contribution in [0.4, 0.5) is 5.69 Å². The van der Waals surface area contributed by atoms with E-state index < -0.39 is 0 Å². The third-order valence-corrected chi connectivity index (χ3v) is 3.78. The number of rotatable bonds is 3. The Labute approximate surface area is 114 Å². The topological polar surface area (TPSA) is 28.4 Å². The van der Waals surface area contributed by atoms with Crippen LogP contribution in [0.2, 0.25) is 0 Å². The van der Waals surface area contributed by atoms with Crippen molar-refractivity contribution in [2.24, 2.45) is 0 Å². The molecule has 1 aromatic heterocycles. The van der Waals surface area contributed by atoms with Gasteiger partial charge in [0.15, 0.2) is 0 Å². The van der Waals surface area contributed by atoms with Crippen molar-refractivity contribution in [3.05, 3.63) is 54.0 Å². The highest BCUT2D eigenvalue weighted by Crippen LogP contribution is 2.32. The molecule has 1 aliphatic rings. The molecule has 19 heavy (non-hydrogen) atoms. The standard InChI is InChI=1S/C16H20N2O/c1-2-14(16-8-5-11-19-16)18-10-9-17-12-13-6-3-4-7-15(13)18/h3-8,11,14,17H,2,9-10,12H2,1H3. The second-order valence-corrected chi connectivity index (χ2v) is 4.94. The Hall–Kier alpha value is -1.74. The predicted molar refractivity (Wildman–Crippen MR) is 77.2 cm³/mol. The Bertz CT molecular complexity index is 521. The van der Waals surface area contributed by atoms with E-state index >= 15 is 0 Å². The summed E-state index contributed by atoms with van der Waals surface area (Å²) < 4.78 is 5.63. The third kappa shape index (κ3) is 2.38. The molecule has 1 aromatic carbocycles. The Morgan fingerprint density at radius 1 is 1.26 bits per heavy atom.